The number of likely N-dealkylation sites (tertiary alicyclic amines) is 1. The van der Waals surface area contributed by atoms with Gasteiger partial charge in [0, 0.05) is 31.2 Å². The van der Waals surface area contributed by atoms with Crippen molar-refractivity contribution in [3.05, 3.63) is 65.2 Å². The monoisotopic (exact) mass is 437 g/mol. The van der Waals surface area contributed by atoms with Crippen LogP contribution in [0, 0.1) is 12.8 Å². The molecule has 1 saturated heterocycles. The maximum Gasteiger partial charge on any atom is 0.251 e. The third-order valence-electron chi connectivity index (χ3n) is 6.01. The largest absolute Gasteiger partial charge is 0.497 e. The number of carbonyl (C=O) groups excluding carboxylic acids is 2. The van der Waals surface area contributed by atoms with Crippen LogP contribution in [0.1, 0.15) is 48.2 Å². The Morgan fingerprint density at radius 1 is 1.09 bits per heavy atom. The first-order chi connectivity index (χ1) is 15.4. The molecule has 172 valence electrons. The van der Waals surface area contributed by atoms with E-state index in [9.17, 15) is 9.59 Å². The van der Waals surface area contributed by atoms with Crippen molar-refractivity contribution in [2.24, 2.45) is 5.92 Å². The summed E-state index contributed by atoms with van der Waals surface area (Å²) in [5.74, 6) is 0.306. The lowest BCUT2D eigenvalue weighted by molar-refractivity contribution is -0.125. The van der Waals surface area contributed by atoms with Gasteiger partial charge in [-0.15, -0.1) is 0 Å². The van der Waals surface area contributed by atoms with Crippen molar-refractivity contribution in [1.82, 2.24) is 15.5 Å². The lowest BCUT2D eigenvalue weighted by Crippen LogP contribution is -2.53. The van der Waals surface area contributed by atoms with Crippen molar-refractivity contribution in [2.45, 2.75) is 52.2 Å². The minimum atomic E-state index is -0.574. The van der Waals surface area contributed by atoms with Gasteiger partial charge < -0.3 is 15.4 Å². The van der Waals surface area contributed by atoms with E-state index in [0.717, 1.165) is 32.5 Å². The highest BCUT2D eigenvalue weighted by Crippen LogP contribution is 2.16. The average Bonchev–Trinajstić information content (AvgIpc) is 2.78. The zero-order chi connectivity index (χ0) is 23.1. The minimum Gasteiger partial charge on any atom is -0.497 e. The maximum absolute atomic E-state index is 13.0. The van der Waals surface area contributed by atoms with Gasteiger partial charge in [-0.2, -0.15) is 0 Å². The standard InChI is InChI=1S/C26H35N3O3/c1-18(2)24(28-25(30)21-8-10-23(32-4)11-9-21)26(31)27-22-12-14-29(15-13-22)17-20-7-5-6-19(3)16-20/h5-11,16,18,22,24H,12-15,17H2,1-4H3,(H,27,31)(H,28,30). The smallest absolute Gasteiger partial charge is 0.251 e. The molecular weight excluding hydrogens is 402 g/mol. The molecule has 0 aliphatic carbocycles. The van der Waals surface area contributed by atoms with E-state index in [0.29, 0.717) is 11.3 Å². The number of benzene rings is 2. The summed E-state index contributed by atoms with van der Waals surface area (Å²) in [6, 6.07) is 15.1. The molecule has 1 unspecified atom stereocenters. The van der Waals surface area contributed by atoms with Gasteiger partial charge in [-0.25, -0.2) is 0 Å². The second kappa shape index (κ2) is 11.1. The fourth-order valence-electron chi connectivity index (χ4n) is 4.10. The number of hydrogen-bond acceptors (Lipinski definition) is 4. The molecule has 2 aromatic rings. The lowest BCUT2D eigenvalue weighted by Gasteiger charge is -2.33. The van der Waals surface area contributed by atoms with Crippen LogP contribution >= 0.6 is 0 Å². The molecule has 0 bridgehead atoms. The Kier molecular flexibility index (Phi) is 8.28. The van der Waals surface area contributed by atoms with Crippen LogP contribution in [0.2, 0.25) is 0 Å². The normalized spacial score (nSPS) is 15.9. The van der Waals surface area contributed by atoms with Crippen LogP contribution in [0.4, 0.5) is 0 Å². The van der Waals surface area contributed by atoms with Gasteiger partial charge in [-0.05, 0) is 55.5 Å². The van der Waals surface area contributed by atoms with Crippen LogP contribution in [-0.4, -0.2) is 49.0 Å². The number of rotatable bonds is 8. The fourth-order valence-corrected chi connectivity index (χ4v) is 4.10. The van der Waals surface area contributed by atoms with Gasteiger partial charge in [0.05, 0.1) is 7.11 Å². The first-order valence-corrected chi connectivity index (χ1v) is 11.4. The molecule has 1 atom stereocenters. The van der Waals surface area contributed by atoms with Crippen LogP contribution in [0.15, 0.2) is 48.5 Å². The van der Waals surface area contributed by atoms with Gasteiger partial charge in [0.25, 0.3) is 5.91 Å². The Morgan fingerprint density at radius 3 is 2.38 bits per heavy atom. The van der Waals surface area contributed by atoms with Crippen molar-refractivity contribution in [2.75, 3.05) is 20.2 Å². The van der Waals surface area contributed by atoms with Crippen molar-refractivity contribution in [3.8, 4) is 5.75 Å². The summed E-state index contributed by atoms with van der Waals surface area (Å²) in [4.78, 5) is 28.1. The second-order valence-corrected chi connectivity index (χ2v) is 8.97. The van der Waals surface area contributed by atoms with Crippen molar-refractivity contribution in [3.63, 3.8) is 0 Å². The molecule has 2 amide bonds. The second-order valence-electron chi connectivity index (χ2n) is 8.97. The molecule has 1 heterocycles. The lowest BCUT2D eigenvalue weighted by atomic mass is 9.99. The summed E-state index contributed by atoms with van der Waals surface area (Å²) < 4.78 is 5.14. The molecule has 0 aromatic heterocycles. The number of methoxy groups -OCH3 is 1. The summed E-state index contributed by atoms with van der Waals surface area (Å²) in [6.07, 6.45) is 1.82. The van der Waals surface area contributed by atoms with Crippen LogP contribution < -0.4 is 15.4 Å². The molecule has 3 rings (SSSR count). The van der Waals surface area contributed by atoms with Crippen LogP contribution in [0.3, 0.4) is 0 Å². The third kappa shape index (κ3) is 6.57. The van der Waals surface area contributed by atoms with Crippen molar-refractivity contribution in [1.29, 1.82) is 0 Å². The third-order valence-corrected chi connectivity index (χ3v) is 6.01. The van der Waals surface area contributed by atoms with Gasteiger partial charge in [0.15, 0.2) is 0 Å². The van der Waals surface area contributed by atoms with E-state index in [2.05, 4.69) is 46.7 Å². The highest BCUT2D eigenvalue weighted by atomic mass is 16.5. The molecule has 0 saturated carbocycles. The predicted octanol–water partition coefficient (Wildman–Crippen LogP) is 3.54. The van der Waals surface area contributed by atoms with Crippen LogP contribution in [0.5, 0.6) is 5.75 Å². The first-order valence-electron chi connectivity index (χ1n) is 11.4. The SMILES string of the molecule is COc1ccc(C(=O)NC(C(=O)NC2CCN(Cc3cccc(C)c3)CC2)C(C)C)cc1. The summed E-state index contributed by atoms with van der Waals surface area (Å²) in [5, 5.41) is 6.07. The van der Waals surface area contributed by atoms with Crippen molar-refractivity contribution >= 4 is 11.8 Å². The van der Waals surface area contributed by atoms with Gasteiger partial charge in [-0.3, -0.25) is 14.5 Å². The molecule has 0 radical (unpaired) electrons. The van der Waals surface area contributed by atoms with Gasteiger partial charge in [-0.1, -0.05) is 43.7 Å². The molecule has 0 spiro atoms. The quantitative estimate of drug-likeness (QED) is 0.663. The van der Waals surface area contributed by atoms with E-state index in [1.54, 1.807) is 31.4 Å². The topological polar surface area (TPSA) is 70.7 Å². The Bertz CT molecular complexity index is 903. The molecule has 6 heteroatoms. The van der Waals surface area contributed by atoms with Crippen molar-refractivity contribution < 1.29 is 14.3 Å². The average molecular weight is 438 g/mol. The number of ether oxygens (including phenoxy) is 1. The number of carbonyl (C=O) groups is 2. The molecular formula is C26H35N3O3. The van der Waals surface area contributed by atoms with E-state index in [-0.39, 0.29) is 23.8 Å². The van der Waals surface area contributed by atoms with Crippen LogP contribution in [0.25, 0.3) is 0 Å². The summed E-state index contributed by atoms with van der Waals surface area (Å²) >= 11 is 0. The van der Waals surface area contributed by atoms with Gasteiger partial charge in [0.1, 0.15) is 11.8 Å². The molecule has 1 aliphatic rings. The van der Waals surface area contributed by atoms with E-state index in [4.69, 9.17) is 4.74 Å². The molecule has 2 aromatic carbocycles. The van der Waals surface area contributed by atoms with E-state index >= 15 is 0 Å². The zero-order valence-corrected chi connectivity index (χ0v) is 19.6. The van der Waals surface area contributed by atoms with E-state index in [1.165, 1.54) is 11.1 Å². The summed E-state index contributed by atoms with van der Waals surface area (Å²) in [6.45, 7) is 8.84. The molecule has 1 fully saturated rings. The number of nitrogens with zero attached hydrogens (tertiary/aromatic N) is 1. The molecule has 6 nitrogen and oxygen atoms in total. The minimum absolute atomic E-state index is 0.0152. The number of nitrogens with one attached hydrogen (secondary N) is 2. The van der Waals surface area contributed by atoms with Gasteiger partial charge >= 0.3 is 0 Å². The summed E-state index contributed by atoms with van der Waals surface area (Å²) in [7, 11) is 1.58. The Hall–Kier alpha value is -2.86. The van der Waals surface area contributed by atoms with E-state index in [1.807, 2.05) is 13.8 Å². The number of aryl methyl sites for hydroxylation is 1. The molecule has 1 aliphatic heterocycles. The van der Waals surface area contributed by atoms with Gasteiger partial charge in [0.2, 0.25) is 5.91 Å². The first kappa shape index (κ1) is 23.8. The molecule has 32 heavy (non-hydrogen) atoms. The number of piperidine rings is 1. The van der Waals surface area contributed by atoms with E-state index < -0.39 is 6.04 Å². The highest BCUT2D eigenvalue weighted by Gasteiger charge is 2.28. The highest BCUT2D eigenvalue weighted by molar-refractivity contribution is 5.97. The maximum atomic E-state index is 13.0. The Morgan fingerprint density at radius 2 is 1.78 bits per heavy atom. The molecule has 2 N–H and O–H groups in total. The number of amides is 2. The zero-order valence-electron chi connectivity index (χ0n) is 19.6. The summed E-state index contributed by atoms with van der Waals surface area (Å²) in [5.41, 5.74) is 3.11. The van der Waals surface area contributed by atoms with Crippen LogP contribution in [-0.2, 0) is 11.3 Å². The Labute approximate surface area is 191 Å². The number of hydrogen-bond donors (Lipinski definition) is 2. The fraction of sp³-hybridized carbons (Fsp3) is 0.462. The predicted molar refractivity (Wildman–Crippen MR) is 127 cm³/mol. The Balaban J connectivity index is 1.50.